The lowest BCUT2D eigenvalue weighted by atomic mass is 10.1. The van der Waals surface area contributed by atoms with Crippen LogP contribution < -0.4 is 10.6 Å². The third-order valence-corrected chi connectivity index (χ3v) is 3.29. The van der Waals surface area contributed by atoms with Crippen LogP contribution in [0.15, 0.2) is 54.6 Å². The van der Waals surface area contributed by atoms with Crippen molar-refractivity contribution in [2.24, 2.45) is 0 Å². The van der Waals surface area contributed by atoms with Gasteiger partial charge in [-0.3, -0.25) is 9.59 Å². The molecule has 0 saturated heterocycles. The first-order chi connectivity index (χ1) is 10.6. The molecule has 0 saturated carbocycles. The molecule has 114 valence electrons. The van der Waals surface area contributed by atoms with Crippen molar-refractivity contribution in [3.8, 4) is 0 Å². The van der Waals surface area contributed by atoms with Crippen LogP contribution in [0.5, 0.6) is 0 Å². The Morgan fingerprint density at radius 3 is 2.27 bits per heavy atom. The van der Waals surface area contributed by atoms with Crippen molar-refractivity contribution < 1.29 is 9.59 Å². The molecule has 2 rings (SSSR count). The number of hydrogen-bond acceptors (Lipinski definition) is 3. The van der Waals surface area contributed by atoms with E-state index in [-0.39, 0.29) is 18.2 Å². The van der Waals surface area contributed by atoms with Gasteiger partial charge in [-0.1, -0.05) is 30.3 Å². The number of carbonyl (C=O) groups is 2. The van der Waals surface area contributed by atoms with Crippen molar-refractivity contribution in [3.63, 3.8) is 0 Å². The van der Waals surface area contributed by atoms with Gasteiger partial charge in [0.1, 0.15) is 0 Å². The number of anilines is 1. The highest BCUT2D eigenvalue weighted by Crippen LogP contribution is 2.09. The van der Waals surface area contributed by atoms with Crippen molar-refractivity contribution in [2.75, 3.05) is 18.4 Å². The van der Waals surface area contributed by atoms with Crippen LogP contribution in [0.3, 0.4) is 0 Å². The van der Waals surface area contributed by atoms with E-state index in [1.54, 1.807) is 24.3 Å². The molecule has 0 heterocycles. The minimum Gasteiger partial charge on any atom is -0.325 e. The van der Waals surface area contributed by atoms with Crippen LogP contribution >= 0.6 is 0 Å². The fourth-order valence-corrected chi connectivity index (χ4v) is 2.07. The second-order valence-corrected chi connectivity index (χ2v) is 5.09. The Bertz CT molecular complexity index is 621. The lowest BCUT2D eigenvalue weighted by Crippen LogP contribution is -2.29. The van der Waals surface area contributed by atoms with Crippen LogP contribution in [-0.2, 0) is 11.2 Å². The van der Waals surface area contributed by atoms with Gasteiger partial charge in [0.25, 0.3) is 0 Å². The zero-order valence-corrected chi connectivity index (χ0v) is 12.6. The molecule has 2 aromatic carbocycles. The molecule has 0 aliphatic heterocycles. The van der Waals surface area contributed by atoms with Gasteiger partial charge in [0.05, 0.1) is 6.54 Å². The molecule has 4 nitrogen and oxygen atoms in total. The summed E-state index contributed by atoms with van der Waals surface area (Å²) in [7, 11) is 0. The SMILES string of the molecule is CC(=O)c1ccc(NC(=O)CNCCc2ccccc2)cc1. The maximum atomic E-state index is 11.8. The summed E-state index contributed by atoms with van der Waals surface area (Å²) in [5, 5.41) is 5.91. The first-order valence-corrected chi connectivity index (χ1v) is 7.30. The maximum absolute atomic E-state index is 11.8. The van der Waals surface area contributed by atoms with Crippen LogP contribution in [0.4, 0.5) is 5.69 Å². The molecule has 0 spiro atoms. The van der Waals surface area contributed by atoms with Crippen LogP contribution in [0.2, 0.25) is 0 Å². The van der Waals surface area contributed by atoms with Crippen molar-refractivity contribution in [3.05, 3.63) is 65.7 Å². The molecule has 0 atom stereocenters. The summed E-state index contributed by atoms with van der Waals surface area (Å²) in [6.07, 6.45) is 0.890. The number of hydrogen-bond donors (Lipinski definition) is 2. The lowest BCUT2D eigenvalue weighted by Gasteiger charge is -2.07. The van der Waals surface area contributed by atoms with E-state index in [1.165, 1.54) is 12.5 Å². The van der Waals surface area contributed by atoms with E-state index < -0.39 is 0 Å². The van der Waals surface area contributed by atoms with Crippen molar-refractivity contribution in [2.45, 2.75) is 13.3 Å². The number of Topliss-reactive ketones (excluding diaryl/α,β-unsaturated/α-hetero) is 1. The van der Waals surface area contributed by atoms with Crippen LogP contribution in [0.1, 0.15) is 22.8 Å². The van der Waals surface area contributed by atoms with Crippen LogP contribution in [0.25, 0.3) is 0 Å². The fourth-order valence-electron chi connectivity index (χ4n) is 2.07. The van der Waals surface area contributed by atoms with E-state index >= 15 is 0 Å². The predicted molar refractivity (Wildman–Crippen MR) is 88.1 cm³/mol. The van der Waals surface area contributed by atoms with E-state index in [4.69, 9.17) is 0 Å². The second kappa shape index (κ2) is 8.10. The van der Waals surface area contributed by atoms with Gasteiger partial charge in [-0.05, 0) is 49.7 Å². The zero-order chi connectivity index (χ0) is 15.8. The van der Waals surface area contributed by atoms with E-state index in [0.29, 0.717) is 11.3 Å². The molecule has 0 aromatic heterocycles. The van der Waals surface area contributed by atoms with Gasteiger partial charge < -0.3 is 10.6 Å². The molecular formula is C18H20N2O2. The largest absolute Gasteiger partial charge is 0.325 e. The third-order valence-electron chi connectivity index (χ3n) is 3.29. The molecule has 0 bridgehead atoms. The Kier molecular flexibility index (Phi) is 5.86. The standard InChI is InChI=1S/C18H20N2O2/c1-14(21)16-7-9-17(10-8-16)20-18(22)13-19-12-11-15-5-3-2-4-6-15/h2-10,19H,11-13H2,1H3,(H,20,22). The van der Waals surface area contributed by atoms with Gasteiger partial charge in [-0.25, -0.2) is 0 Å². The summed E-state index contributed by atoms with van der Waals surface area (Å²) in [6, 6.07) is 17.0. The van der Waals surface area contributed by atoms with Gasteiger partial charge in [0, 0.05) is 11.3 Å². The summed E-state index contributed by atoms with van der Waals surface area (Å²) in [6.45, 7) is 2.53. The summed E-state index contributed by atoms with van der Waals surface area (Å²) >= 11 is 0. The van der Waals surface area contributed by atoms with Crippen LogP contribution in [0, 0.1) is 0 Å². The minimum absolute atomic E-state index is 0.0143. The van der Waals surface area contributed by atoms with E-state index in [2.05, 4.69) is 22.8 Å². The number of carbonyl (C=O) groups excluding carboxylic acids is 2. The van der Waals surface area contributed by atoms with Crippen molar-refractivity contribution in [1.29, 1.82) is 0 Å². The average molecular weight is 296 g/mol. The molecule has 2 aromatic rings. The lowest BCUT2D eigenvalue weighted by molar-refractivity contribution is -0.115. The molecule has 0 aliphatic carbocycles. The van der Waals surface area contributed by atoms with Gasteiger partial charge in [0.15, 0.2) is 5.78 Å². The highest BCUT2D eigenvalue weighted by molar-refractivity contribution is 5.96. The third kappa shape index (κ3) is 5.14. The number of benzene rings is 2. The summed E-state index contributed by atoms with van der Waals surface area (Å²) < 4.78 is 0. The van der Waals surface area contributed by atoms with Crippen LogP contribution in [-0.4, -0.2) is 24.8 Å². The molecule has 4 heteroatoms. The van der Waals surface area contributed by atoms with Gasteiger partial charge in [-0.2, -0.15) is 0 Å². The highest BCUT2D eigenvalue weighted by Gasteiger charge is 2.03. The van der Waals surface area contributed by atoms with Gasteiger partial charge in [0.2, 0.25) is 5.91 Å². The zero-order valence-electron chi connectivity index (χ0n) is 12.6. The predicted octanol–water partition coefficient (Wildman–Crippen LogP) is 2.66. The van der Waals surface area contributed by atoms with E-state index in [0.717, 1.165) is 13.0 Å². The maximum Gasteiger partial charge on any atom is 0.238 e. The first kappa shape index (κ1) is 15.9. The smallest absolute Gasteiger partial charge is 0.238 e. The average Bonchev–Trinajstić information content (AvgIpc) is 2.53. The number of nitrogens with one attached hydrogen (secondary N) is 2. The first-order valence-electron chi connectivity index (χ1n) is 7.30. The molecule has 0 aliphatic rings. The Hall–Kier alpha value is -2.46. The van der Waals surface area contributed by atoms with Crippen molar-refractivity contribution in [1.82, 2.24) is 5.32 Å². The van der Waals surface area contributed by atoms with Crippen molar-refractivity contribution >= 4 is 17.4 Å². The van der Waals surface area contributed by atoms with E-state index in [1.807, 2.05) is 18.2 Å². The van der Waals surface area contributed by atoms with Gasteiger partial charge in [-0.15, -0.1) is 0 Å². The highest BCUT2D eigenvalue weighted by atomic mass is 16.2. The Morgan fingerprint density at radius 2 is 1.64 bits per heavy atom. The quantitative estimate of drug-likeness (QED) is 0.610. The molecule has 2 N–H and O–H groups in total. The number of rotatable bonds is 7. The minimum atomic E-state index is -0.0939. The normalized spacial score (nSPS) is 10.2. The Labute approximate surface area is 130 Å². The number of ketones is 1. The summed E-state index contributed by atoms with van der Waals surface area (Å²) in [5.74, 6) is -0.0795. The topological polar surface area (TPSA) is 58.2 Å². The molecular weight excluding hydrogens is 276 g/mol. The monoisotopic (exact) mass is 296 g/mol. The molecule has 22 heavy (non-hydrogen) atoms. The van der Waals surface area contributed by atoms with Gasteiger partial charge >= 0.3 is 0 Å². The molecule has 0 fully saturated rings. The Balaban J connectivity index is 1.70. The summed E-state index contributed by atoms with van der Waals surface area (Å²) in [5.41, 5.74) is 2.58. The number of amides is 1. The van der Waals surface area contributed by atoms with E-state index in [9.17, 15) is 9.59 Å². The fraction of sp³-hybridized carbons (Fsp3) is 0.222. The molecule has 1 amide bonds. The second-order valence-electron chi connectivity index (χ2n) is 5.09. The molecule has 0 unspecified atom stereocenters. The Morgan fingerprint density at radius 1 is 0.955 bits per heavy atom. The molecule has 0 radical (unpaired) electrons. The summed E-state index contributed by atoms with van der Waals surface area (Å²) in [4.78, 5) is 23.0.